The number of hydrogen-bond acceptors (Lipinski definition) is 3. The molecule has 0 spiro atoms. The number of aromatic nitrogens is 1. The van der Waals surface area contributed by atoms with Gasteiger partial charge in [-0.25, -0.2) is 9.18 Å². The van der Waals surface area contributed by atoms with Gasteiger partial charge in [0.25, 0.3) is 0 Å². The molecule has 2 unspecified atom stereocenters. The Morgan fingerprint density at radius 1 is 1.02 bits per heavy atom. The van der Waals surface area contributed by atoms with Crippen molar-refractivity contribution in [1.29, 1.82) is 0 Å². The summed E-state index contributed by atoms with van der Waals surface area (Å²) >= 11 is 0. The molecule has 4 aromatic rings. The van der Waals surface area contributed by atoms with Crippen LogP contribution in [0.2, 0.25) is 0 Å². The zero-order valence-corrected chi connectivity index (χ0v) is 23.9. The molecule has 3 amide bonds. The largest absolute Gasteiger partial charge is 0.361 e. The van der Waals surface area contributed by atoms with E-state index in [1.165, 1.54) is 6.07 Å². The second kappa shape index (κ2) is 12.6. The van der Waals surface area contributed by atoms with Crippen LogP contribution in [0.25, 0.3) is 10.9 Å². The van der Waals surface area contributed by atoms with Crippen LogP contribution < -0.4 is 10.6 Å². The van der Waals surface area contributed by atoms with E-state index in [-0.39, 0.29) is 29.6 Å². The van der Waals surface area contributed by atoms with E-state index in [1.807, 2.05) is 81.8 Å². The zero-order valence-electron chi connectivity index (χ0n) is 23.9. The summed E-state index contributed by atoms with van der Waals surface area (Å²) in [4.78, 5) is 34.5. The number of amides is 3. The number of piperidine rings is 1. The Labute approximate surface area is 240 Å². The number of H-pyrrole nitrogens is 1. The number of nitrogens with zero attached hydrogens (tertiary/aromatic N) is 2. The molecule has 214 valence electrons. The lowest BCUT2D eigenvalue weighted by Gasteiger charge is -2.34. The number of hydrogen-bond donors (Lipinski definition) is 3. The van der Waals surface area contributed by atoms with Gasteiger partial charge in [-0.3, -0.25) is 4.79 Å². The van der Waals surface area contributed by atoms with Crippen molar-refractivity contribution in [3.8, 4) is 0 Å². The fourth-order valence-electron chi connectivity index (χ4n) is 5.80. The van der Waals surface area contributed by atoms with E-state index < -0.39 is 6.04 Å². The molecule has 1 aliphatic heterocycles. The molecule has 41 heavy (non-hydrogen) atoms. The molecule has 8 heteroatoms. The highest BCUT2D eigenvalue weighted by atomic mass is 19.1. The first kappa shape index (κ1) is 28.4. The molecule has 1 aromatic heterocycles. The van der Waals surface area contributed by atoms with E-state index in [1.54, 1.807) is 17.0 Å². The van der Waals surface area contributed by atoms with Gasteiger partial charge in [-0.05, 0) is 79.9 Å². The fourth-order valence-corrected chi connectivity index (χ4v) is 5.80. The maximum atomic E-state index is 13.8. The predicted octanol–water partition coefficient (Wildman–Crippen LogP) is 6.07. The first-order chi connectivity index (χ1) is 19.8. The lowest BCUT2D eigenvalue weighted by molar-refractivity contribution is -0.118. The number of likely N-dealkylation sites (tertiary alicyclic amines) is 1. The zero-order chi connectivity index (χ0) is 28.9. The molecule has 2 heterocycles. The van der Waals surface area contributed by atoms with Crippen LogP contribution in [0.5, 0.6) is 0 Å². The number of anilines is 1. The van der Waals surface area contributed by atoms with Gasteiger partial charge < -0.3 is 25.4 Å². The molecular formula is C33H38FN5O2. The maximum absolute atomic E-state index is 13.8. The van der Waals surface area contributed by atoms with Gasteiger partial charge in [0.05, 0.1) is 0 Å². The first-order valence-corrected chi connectivity index (χ1v) is 14.2. The van der Waals surface area contributed by atoms with Crippen LogP contribution in [0.4, 0.5) is 14.9 Å². The van der Waals surface area contributed by atoms with Gasteiger partial charge in [-0.1, -0.05) is 49.4 Å². The van der Waals surface area contributed by atoms with Gasteiger partial charge in [-0.15, -0.1) is 0 Å². The van der Waals surface area contributed by atoms with Crippen molar-refractivity contribution in [3.05, 3.63) is 102 Å². The second-order valence-electron chi connectivity index (χ2n) is 11.2. The molecule has 1 saturated heterocycles. The maximum Gasteiger partial charge on any atom is 0.318 e. The number of nitrogens with one attached hydrogen (secondary N) is 3. The van der Waals surface area contributed by atoms with E-state index in [9.17, 15) is 14.0 Å². The Hall–Kier alpha value is -4.17. The topological polar surface area (TPSA) is 80.5 Å². The minimum atomic E-state index is -0.805. The minimum Gasteiger partial charge on any atom is -0.361 e. The molecule has 1 fully saturated rings. The summed E-state index contributed by atoms with van der Waals surface area (Å²) in [6.45, 7) is 3.80. The third-order valence-corrected chi connectivity index (χ3v) is 7.97. The van der Waals surface area contributed by atoms with Gasteiger partial charge in [-0.2, -0.15) is 0 Å². The molecule has 0 saturated carbocycles. The highest BCUT2D eigenvalue weighted by molar-refractivity contribution is 5.98. The summed E-state index contributed by atoms with van der Waals surface area (Å²) in [5, 5.41) is 7.14. The van der Waals surface area contributed by atoms with Crippen molar-refractivity contribution in [2.75, 3.05) is 32.5 Å². The van der Waals surface area contributed by atoms with E-state index >= 15 is 0 Å². The molecule has 0 bridgehead atoms. The third kappa shape index (κ3) is 6.77. The van der Waals surface area contributed by atoms with Crippen LogP contribution in [0, 0.1) is 5.82 Å². The van der Waals surface area contributed by atoms with E-state index in [2.05, 4.69) is 20.5 Å². The normalized spacial score (nSPS) is 15.6. The molecular weight excluding hydrogens is 517 g/mol. The van der Waals surface area contributed by atoms with Crippen LogP contribution in [-0.4, -0.2) is 59.9 Å². The Balaban J connectivity index is 1.33. The standard InChI is InChI=1S/C33H38FN5O2/c1-22(29-20-35-30-13-5-4-12-28(29)30)31(32(40)36-27-11-6-8-23(18-27)21-38(2)3)37-33(41)39-16-14-24(15-17-39)25-9-7-10-26(34)19-25/h4-13,18-20,22,24,31,35H,14-17,21H2,1-3H3,(H,36,40)(H,37,41). The number of aromatic amines is 1. The van der Waals surface area contributed by atoms with E-state index in [4.69, 9.17) is 0 Å². The molecule has 3 N–H and O–H groups in total. The molecule has 3 aromatic carbocycles. The average molecular weight is 556 g/mol. The summed E-state index contributed by atoms with van der Waals surface area (Å²) in [5.74, 6) is -0.610. The number of rotatable bonds is 8. The number of carbonyl (C=O) groups excluding carboxylic acids is 2. The van der Waals surface area contributed by atoms with Crippen LogP contribution in [0.3, 0.4) is 0 Å². The number of fused-ring (bicyclic) bond motifs is 1. The van der Waals surface area contributed by atoms with Gasteiger partial charge in [0.15, 0.2) is 0 Å². The summed E-state index contributed by atoms with van der Waals surface area (Å²) in [6, 6.07) is 21.4. The van der Waals surface area contributed by atoms with Crippen LogP contribution in [-0.2, 0) is 11.3 Å². The second-order valence-corrected chi connectivity index (χ2v) is 11.2. The highest BCUT2D eigenvalue weighted by Gasteiger charge is 2.32. The average Bonchev–Trinajstić information content (AvgIpc) is 3.39. The summed E-state index contributed by atoms with van der Waals surface area (Å²) < 4.78 is 13.8. The molecule has 1 aliphatic rings. The van der Waals surface area contributed by atoms with E-state index in [0.29, 0.717) is 18.8 Å². The van der Waals surface area contributed by atoms with Gasteiger partial charge >= 0.3 is 6.03 Å². The summed E-state index contributed by atoms with van der Waals surface area (Å²) in [5.41, 5.74) is 4.68. The molecule has 7 nitrogen and oxygen atoms in total. The van der Waals surface area contributed by atoms with Crippen molar-refractivity contribution in [2.45, 2.75) is 44.2 Å². The monoisotopic (exact) mass is 555 g/mol. The Bertz CT molecular complexity index is 1510. The first-order valence-electron chi connectivity index (χ1n) is 14.2. The van der Waals surface area contributed by atoms with Crippen LogP contribution in [0.15, 0.2) is 79.0 Å². The number of benzene rings is 3. The lowest BCUT2D eigenvalue weighted by atomic mass is 9.89. The van der Waals surface area contributed by atoms with Crippen molar-refractivity contribution < 1.29 is 14.0 Å². The summed E-state index contributed by atoms with van der Waals surface area (Å²) in [7, 11) is 4.00. The number of carbonyl (C=O) groups is 2. The van der Waals surface area contributed by atoms with Gasteiger partial charge in [0.1, 0.15) is 11.9 Å². The fraction of sp³-hybridized carbons (Fsp3) is 0.333. The number of urea groups is 1. The van der Waals surface area contributed by atoms with Crippen molar-refractivity contribution in [1.82, 2.24) is 20.1 Å². The van der Waals surface area contributed by atoms with Gasteiger partial charge in [0.2, 0.25) is 5.91 Å². The van der Waals surface area contributed by atoms with Crippen LogP contribution >= 0.6 is 0 Å². The number of para-hydroxylation sites is 1. The third-order valence-electron chi connectivity index (χ3n) is 7.97. The smallest absolute Gasteiger partial charge is 0.318 e. The lowest BCUT2D eigenvalue weighted by Crippen LogP contribution is -2.53. The van der Waals surface area contributed by atoms with Crippen molar-refractivity contribution >= 4 is 28.5 Å². The minimum absolute atomic E-state index is 0.202. The SMILES string of the molecule is CC(c1c[nH]c2ccccc12)C(NC(=O)N1CCC(c2cccc(F)c2)CC1)C(=O)Nc1cccc(CN(C)C)c1. The molecule has 0 radical (unpaired) electrons. The predicted molar refractivity (Wildman–Crippen MR) is 161 cm³/mol. The Kier molecular flexibility index (Phi) is 8.69. The van der Waals surface area contributed by atoms with Crippen molar-refractivity contribution in [3.63, 3.8) is 0 Å². The Morgan fingerprint density at radius 2 is 1.78 bits per heavy atom. The summed E-state index contributed by atoms with van der Waals surface area (Å²) in [6.07, 6.45) is 3.40. The molecule has 2 atom stereocenters. The quantitative estimate of drug-likeness (QED) is 0.247. The molecule has 0 aliphatic carbocycles. The Morgan fingerprint density at radius 3 is 2.54 bits per heavy atom. The highest BCUT2D eigenvalue weighted by Crippen LogP contribution is 2.30. The number of halogens is 1. The van der Waals surface area contributed by atoms with Crippen molar-refractivity contribution in [2.24, 2.45) is 0 Å². The van der Waals surface area contributed by atoms with Crippen LogP contribution in [0.1, 0.15) is 48.3 Å². The molecule has 5 rings (SSSR count). The van der Waals surface area contributed by atoms with E-state index in [0.717, 1.165) is 47.0 Å². The van der Waals surface area contributed by atoms with Gasteiger partial charge in [0, 0.05) is 48.3 Å².